The number of fused-ring (bicyclic) bond motifs is 1. The van der Waals surface area contributed by atoms with E-state index in [1.54, 1.807) is 38.1 Å². The van der Waals surface area contributed by atoms with E-state index < -0.39 is 37.0 Å². The highest BCUT2D eigenvalue weighted by molar-refractivity contribution is 7.99. The molecule has 4 aromatic carbocycles. The highest BCUT2D eigenvalue weighted by atomic mass is 31.2. The van der Waals surface area contributed by atoms with Crippen molar-refractivity contribution in [3.63, 3.8) is 0 Å². The molecule has 7 nitrogen and oxygen atoms in total. The minimum atomic E-state index is -3.23. The molecule has 1 heterocycles. The molecule has 0 fully saturated rings. The molecule has 212 valence electrons. The predicted octanol–water partition coefficient (Wildman–Crippen LogP) is 4.97. The number of hydrogen-bond donors (Lipinski definition) is 1. The molecule has 8 heteroatoms. The maximum atomic E-state index is 14.1. The van der Waals surface area contributed by atoms with Crippen molar-refractivity contribution in [1.82, 2.24) is 4.90 Å². The quantitative estimate of drug-likeness (QED) is 0.123. The number of imide groups is 1. The van der Waals surface area contributed by atoms with E-state index >= 15 is 0 Å². The number of aliphatic hydroxyl groups is 1. The fraction of sp³-hybridized carbons (Fsp3) is 0.147. The van der Waals surface area contributed by atoms with Crippen LogP contribution < -0.4 is 15.9 Å². The second-order valence-corrected chi connectivity index (χ2v) is 12.9. The van der Waals surface area contributed by atoms with Crippen LogP contribution >= 0.6 is 7.26 Å². The zero-order valence-electron chi connectivity index (χ0n) is 23.3. The minimum Gasteiger partial charge on any atom is -0.478 e. The smallest absolute Gasteiger partial charge is 0.337 e. The lowest BCUT2D eigenvalue weighted by Gasteiger charge is -2.34. The Morgan fingerprint density at radius 3 is 1.43 bits per heavy atom. The summed E-state index contributed by atoms with van der Waals surface area (Å²) in [4.78, 5) is 42.9. The molecule has 2 amide bonds. The van der Waals surface area contributed by atoms with E-state index in [9.17, 15) is 19.5 Å². The van der Waals surface area contributed by atoms with Crippen LogP contribution in [0.25, 0.3) is 0 Å². The number of ether oxygens (including phenoxy) is 2. The van der Waals surface area contributed by atoms with E-state index in [1.807, 2.05) is 91.0 Å². The standard InChI is InChI=1S/C34H30NO6P/c1-3-40-33(38)29(35-31(36)27-22-14-15-23-28(27)32(35)37)30(34(39)41-4-2)42(24-16-8-5-9-17-24,25-18-10-6-11-19-25)26-20-12-7-13-21-26/h5-23,29H,3-4H2,1-2H3/p+1/b34-30+/t29-/m1/s1. The van der Waals surface area contributed by atoms with Crippen LogP contribution in [-0.2, 0) is 14.3 Å². The van der Waals surface area contributed by atoms with Gasteiger partial charge in [-0.1, -0.05) is 66.7 Å². The maximum Gasteiger partial charge on any atom is 0.337 e. The third-order valence-electron chi connectivity index (χ3n) is 7.14. The summed E-state index contributed by atoms with van der Waals surface area (Å²) in [5.74, 6) is -2.68. The number of rotatable bonds is 10. The summed E-state index contributed by atoms with van der Waals surface area (Å²) in [7, 11) is -3.23. The van der Waals surface area contributed by atoms with Gasteiger partial charge >= 0.3 is 11.9 Å². The van der Waals surface area contributed by atoms with Crippen LogP contribution in [0.5, 0.6) is 0 Å². The summed E-state index contributed by atoms with van der Waals surface area (Å²) in [6.45, 7) is 3.43. The molecule has 1 aliphatic rings. The van der Waals surface area contributed by atoms with Gasteiger partial charge in [0.15, 0.2) is 7.26 Å². The Kier molecular flexibility index (Phi) is 8.51. The van der Waals surface area contributed by atoms with Crippen molar-refractivity contribution in [3.8, 4) is 0 Å². The SMILES string of the molecule is CCOC(=O)[C@@H](/C(=C(/O)OCC)[P+](c1ccccc1)(c1ccccc1)c1ccccc1)N1C(=O)c2ccccc2C1=O. The first-order valence-electron chi connectivity index (χ1n) is 13.7. The van der Waals surface area contributed by atoms with Crippen LogP contribution in [0.15, 0.2) is 127 Å². The largest absolute Gasteiger partial charge is 0.478 e. The molecular weight excluding hydrogens is 549 g/mol. The molecule has 0 unspecified atom stereocenters. The number of esters is 1. The van der Waals surface area contributed by atoms with Crippen molar-refractivity contribution < 1.29 is 29.0 Å². The first-order chi connectivity index (χ1) is 20.5. The number of carbonyl (C=O) groups excluding carboxylic acids is 3. The molecule has 42 heavy (non-hydrogen) atoms. The van der Waals surface area contributed by atoms with E-state index in [0.717, 1.165) is 20.8 Å². The van der Waals surface area contributed by atoms with Crippen molar-refractivity contribution in [2.24, 2.45) is 0 Å². The van der Waals surface area contributed by atoms with Gasteiger partial charge in [-0.2, -0.15) is 0 Å². The molecule has 0 aromatic heterocycles. The Labute approximate surface area is 245 Å². The van der Waals surface area contributed by atoms with Gasteiger partial charge in [-0.05, 0) is 62.4 Å². The zero-order valence-corrected chi connectivity index (χ0v) is 24.2. The molecule has 0 aliphatic carbocycles. The number of amides is 2. The highest BCUT2D eigenvalue weighted by Gasteiger charge is 2.61. The molecule has 0 saturated carbocycles. The monoisotopic (exact) mass is 580 g/mol. The zero-order chi connectivity index (χ0) is 29.7. The molecule has 0 spiro atoms. The van der Waals surface area contributed by atoms with Gasteiger partial charge in [-0.15, -0.1) is 0 Å². The van der Waals surface area contributed by atoms with Gasteiger partial charge in [0.05, 0.1) is 24.3 Å². The lowest BCUT2D eigenvalue weighted by Crippen LogP contribution is -2.50. The van der Waals surface area contributed by atoms with Crippen molar-refractivity contribution in [1.29, 1.82) is 0 Å². The Hall–Kier alpha value is -4.74. The third kappa shape index (κ3) is 4.86. The van der Waals surface area contributed by atoms with Crippen LogP contribution in [0.4, 0.5) is 0 Å². The van der Waals surface area contributed by atoms with Gasteiger partial charge in [0.25, 0.3) is 11.8 Å². The van der Waals surface area contributed by atoms with Crippen molar-refractivity contribution in [2.75, 3.05) is 13.2 Å². The van der Waals surface area contributed by atoms with Crippen LogP contribution in [0.2, 0.25) is 0 Å². The predicted molar refractivity (Wildman–Crippen MR) is 164 cm³/mol. The van der Waals surface area contributed by atoms with E-state index in [4.69, 9.17) is 9.47 Å². The average molecular weight is 581 g/mol. The molecule has 1 atom stereocenters. The minimum absolute atomic E-state index is 0.00532. The van der Waals surface area contributed by atoms with E-state index in [2.05, 4.69) is 0 Å². The summed E-state index contributed by atoms with van der Waals surface area (Å²) in [5.41, 5.74) is 0.352. The van der Waals surface area contributed by atoms with Gasteiger partial charge in [-0.25, -0.2) is 4.79 Å². The second kappa shape index (κ2) is 12.4. The number of carbonyl (C=O) groups is 3. The number of aliphatic hydroxyl groups excluding tert-OH is 1. The normalized spacial score (nSPS) is 14.2. The Morgan fingerprint density at radius 1 is 0.667 bits per heavy atom. The number of nitrogens with zero attached hydrogens (tertiary/aromatic N) is 1. The van der Waals surface area contributed by atoms with Crippen molar-refractivity contribution in [2.45, 2.75) is 19.9 Å². The molecule has 0 radical (unpaired) electrons. The third-order valence-corrected chi connectivity index (χ3v) is 11.5. The van der Waals surface area contributed by atoms with E-state index in [-0.39, 0.29) is 29.7 Å². The molecular formula is C34H31NO6P+. The fourth-order valence-electron chi connectivity index (χ4n) is 5.48. The van der Waals surface area contributed by atoms with Gasteiger partial charge in [0, 0.05) is 0 Å². The van der Waals surface area contributed by atoms with Crippen LogP contribution in [0.1, 0.15) is 34.6 Å². The average Bonchev–Trinajstić information content (AvgIpc) is 3.28. The molecule has 1 N–H and O–H groups in total. The van der Waals surface area contributed by atoms with Crippen LogP contribution in [-0.4, -0.2) is 47.0 Å². The second-order valence-electron chi connectivity index (χ2n) is 9.48. The highest BCUT2D eigenvalue weighted by Crippen LogP contribution is 2.65. The first kappa shape index (κ1) is 28.8. The van der Waals surface area contributed by atoms with Gasteiger partial charge < -0.3 is 14.6 Å². The fourth-order valence-corrected chi connectivity index (χ4v) is 10.0. The lowest BCUT2D eigenvalue weighted by molar-refractivity contribution is -0.146. The van der Waals surface area contributed by atoms with Gasteiger partial charge in [0.2, 0.25) is 11.4 Å². The topological polar surface area (TPSA) is 93.1 Å². The Morgan fingerprint density at radius 2 is 1.05 bits per heavy atom. The lowest BCUT2D eigenvalue weighted by atomic mass is 10.1. The number of benzene rings is 4. The van der Waals surface area contributed by atoms with Crippen LogP contribution in [0, 0.1) is 0 Å². The summed E-state index contributed by atoms with van der Waals surface area (Å²) < 4.78 is 11.4. The molecule has 1 aliphatic heterocycles. The summed E-state index contributed by atoms with van der Waals surface area (Å²) in [6, 6.07) is 33.3. The first-order valence-corrected chi connectivity index (χ1v) is 15.5. The van der Waals surface area contributed by atoms with Crippen molar-refractivity contribution in [3.05, 3.63) is 138 Å². The van der Waals surface area contributed by atoms with Crippen molar-refractivity contribution >= 4 is 41.0 Å². The molecule has 0 saturated heterocycles. The molecule has 0 bridgehead atoms. The number of hydrogen-bond acceptors (Lipinski definition) is 6. The van der Waals surface area contributed by atoms with Gasteiger partial charge in [-0.3, -0.25) is 14.5 Å². The molecule has 4 aromatic rings. The van der Waals surface area contributed by atoms with E-state index in [0.29, 0.717) is 0 Å². The maximum absolute atomic E-state index is 14.1. The van der Waals surface area contributed by atoms with Crippen LogP contribution in [0.3, 0.4) is 0 Å². The summed E-state index contributed by atoms with van der Waals surface area (Å²) in [6.07, 6.45) is 0. The van der Waals surface area contributed by atoms with Gasteiger partial charge in [0.1, 0.15) is 15.9 Å². The summed E-state index contributed by atoms with van der Waals surface area (Å²) in [5, 5.41) is 14.4. The Bertz CT molecular complexity index is 1490. The summed E-state index contributed by atoms with van der Waals surface area (Å²) >= 11 is 0. The molecule has 5 rings (SSSR count). The van der Waals surface area contributed by atoms with E-state index in [1.165, 1.54) is 0 Å². The Balaban J connectivity index is 1.93.